The number of carbonyl (C=O) groups is 1. The van der Waals surface area contributed by atoms with Crippen LogP contribution in [0.1, 0.15) is 25.8 Å². The van der Waals surface area contributed by atoms with Crippen LogP contribution in [-0.2, 0) is 11.3 Å². The number of halogens is 2. The molecular weight excluding hydrogens is 559 g/mol. The summed E-state index contributed by atoms with van der Waals surface area (Å²) in [6.45, 7) is 7.75. The van der Waals surface area contributed by atoms with Gasteiger partial charge in [0.15, 0.2) is 0 Å². The quantitative estimate of drug-likeness (QED) is 0.253. The van der Waals surface area contributed by atoms with E-state index in [4.69, 9.17) is 33.2 Å². The number of rotatable bonds is 10. The molecule has 0 saturated carbocycles. The SMILES string of the molecule is CC(C)CC(Nc1cc(-n2ccnc2)nc(N2CCN(c3ccccc3)CC2)n1)C(=O)NCc1ccc(Cl)cc1Cl. The van der Waals surface area contributed by atoms with Crippen molar-refractivity contribution in [2.45, 2.75) is 32.9 Å². The first-order valence-corrected chi connectivity index (χ1v) is 14.5. The Kier molecular flexibility index (Phi) is 9.26. The molecule has 3 heterocycles. The second kappa shape index (κ2) is 13.2. The summed E-state index contributed by atoms with van der Waals surface area (Å²) in [5, 5.41) is 7.49. The summed E-state index contributed by atoms with van der Waals surface area (Å²) in [5.74, 6) is 2.01. The molecule has 2 N–H and O–H groups in total. The third-order valence-electron chi connectivity index (χ3n) is 6.97. The number of hydrogen-bond acceptors (Lipinski definition) is 7. The summed E-state index contributed by atoms with van der Waals surface area (Å²) in [5.41, 5.74) is 2.01. The monoisotopic (exact) mass is 592 g/mol. The minimum Gasteiger partial charge on any atom is -0.368 e. The fourth-order valence-corrected chi connectivity index (χ4v) is 5.30. The molecule has 0 spiro atoms. The van der Waals surface area contributed by atoms with Gasteiger partial charge in [0, 0.05) is 66.9 Å². The van der Waals surface area contributed by atoms with Gasteiger partial charge in [-0.05, 0) is 42.2 Å². The maximum atomic E-state index is 13.4. The minimum atomic E-state index is -0.505. The number of carbonyl (C=O) groups excluding carboxylic acids is 1. The zero-order chi connectivity index (χ0) is 28.8. The number of hydrogen-bond donors (Lipinski definition) is 2. The van der Waals surface area contributed by atoms with Gasteiger partial charge >= 0.3 is 0 Å². The second-order valence-corrected chi connectivity index (χ2v) is 11.3. The number of anilines is 3. The van der Waals surface area contributed by atoms with Gasteiger partial charge in [0.05, 0.1) is 0 Å². The van der Waals surface area contributed by atoms with Crippen LogP contribution >= 0.6 is 23.2 Å². The molecule has 0 radical (unpaired) electrons. The Balaban J connectivity index is 1.34. The van der Waals surface area contributed by atoms with E-state index in [-0.39, 0.29) is 11.8 Å². The average Bonchev–Trinajstić information content (AvgIpc) is 3.52. The minimum absolute atomic E-state index is 0.134. The van der Waals surface area contributed by atoms with E-state index in [1.54, 1.807) is 24.7 Å². The Morgan fingerprint density at radius 3 is 2.41 bits per heavy atom. The smallest absolute Gasteiger partial charge is 0.242 e. The third-order valence-corrected chi connectivity index (χ3v) is 7.55. The standard InChI is InChI=1S/C30H34Cl2N8O/c1-21(2)16-26(29(41)34-19-22-8-9-23(31)17-25(22)32)35-27-18-28(40-11-10-33-20-40)37-30(36-27)39-14-12-38(13-15-39)24-6-4-3-5-7-24/h3-11,17-18,20-21,26H,12-16,19H2,1-2H3,(H,34,41)(H,35,36,37). The highest BCUT2D eigenvalue weighted by Gasteiger charge is 2.24. The van der Waals surface area contributed by atoms with Crippen LogP contribution < -0.4 is 20.4 Å². The molecule has 2 aromatic carbocycles. The summed E-state index contributed by atoms with van der Waals surface area (Å²) in [7, 11) is 0. The van der Waals surface area contributed by atoms with Crippen LogP contribution in [0.3, 0.4) is 0 Å². The number of benzene rings is 2. The fraction of sp³-hybridized carbons (Fsp3) is 0.333. The molecule has 41 heavy (non-hydrogen) atoms. The first-order chi connectivity index (χ1) is 19.9. The highest BCUT2D eigenvalue weighted by Crippen LogP contribution is 2.23. The van der Waals surface area contributed by atoms with Gasteiger partial charge in [-0.15, -0.1) is 0 Å². The molecule has 0 bridgehead atoms. The van der Waals surface area contributed by atoms with Crippen molar-refractivity contribution in [2.75, 3.05) is 41.3 Å². The molecule has 4 aromatic rings. The molecule has 1 amide bonds. The molecule has 1 aliphatic heterocycles. The normalized spacial score (nSPS) is 14.3. The van der Waals surface area contributed by atoms with Crippen LogP contribution in [0.25, 0.3) is 5.82 Å². The number of nitrogens with zero attached hydrogens (tertiary/aromatic N) is 6. The van der Waals surface area contributed by atoms with Crippen molar-refractivity contribution in [1.29, 1.82) is 0 Å². The number of amides is 1. The van der Waals surface area contributed by atoms with E-state index in [0.717, 1.165) is 31.7 Å². The second-order valence-electron chi connectivity index (χ2n) is 10.5. The molecule has 0 aliphatic carbocycles. The molecule has 1 fully saturated rings. The molecule has 2 aromatic heterocycles. The first kappa shape index (κ1) is 28.7. The van der Waals surface area contributed by atoms with E-state index in [1.807, 2.05) is 29.0 Å². The van der Waals surface area contributed by atoms with Gasteiger partial charge in [-0.2, -0.15) is 9.97 Å². The van der Waals surface area contributed by atoms with E-state index in [2.05, 4.69) is 63.5 Å². The summed E-state index contributed by atoms with van der Waals surface area (Å²) >= 11 is 12.4. The van der Waals surface area contributed by atoms with Crippen molar-refractivity contribution in [1.82, 2.24) is 24.8 Å². The van der Waals surface area contributed by atoms with Crippen molar-refractivity contribution in [2.24, 2.45) is 5.92 Å². The van der Waals surface area contributed by atoms with Gasteiger partial charge < -0.3 is 20.4 Å². The highest BCUT2D eigenvalue weighted by atomic mass is 35.5. The van der Waals surface area contributed by atoms with E-state index < -0.39 is 6.04 Å². The zero-order valence-electron chi connectivity index (χ0n) is 23.2. The van der Waals surface area contributed by atoms with Crippen LogP contribution in [-0.4, -0.2) is 57.6 Å². The van der Waals surface area contributed by atoms with Gasteiger partial charge in [-0.25, -0.2) is 4.98 Å². The predicted octanol–water partition coefficient (Wildman–Crippen LogP) is 5.44. The lowest BCUT2D eigenvalue weighted by Crippen LogP contribution is -2.47. The van der Waals surface area contributed by atoms with Crippen molar-refractivity contribution in [3.05, 3.63) is 88.9 Å². The van der Waals surface area contributed by atoms with E-state index >= 15 is 0 Å². The Hall–Kier alpha value is -3.82. The van der Waals surface area contributed by atoms with Crippen molar-refractivity contribution < 1.29 is 4.79 Å². The van der Waals surface area contributed by atoms with Gasteiger partial charge in [0.25, 0.3) is 0 Å². The van der Waals surface area contributed by atoms with Crippen LogP contribution in [0.4, 0.5) is 17.5 Å². The molecule has 1 aliphatic rings. The molecule has 9 nitrogen and oxygen atoms in total. The van der Waals surface area contributed by atoms with Crippen LogP contribution in [0.15, 0.2) is 73.3 Å². The van der Waals surface area contributed by atoms with Crippen LogP contribution in [0.5, 0.6) is 0 Å². The zero-order valence-corrected chi connectivity index (χ0v) is 24.7. The van der Waals surface area contributed by atoms with Crippen LogP contribution in [0, 0.1) is 5.92 Å². The Morgan fingerprint density at radius 2 is 1.73 bits per heavy atom. The summed E-state index contributed by atoms with van der Waals surface area (Å²) in [4.78, 5) is 31.9. The summed E-state index contributed by atoms with van der Waals surface area (Å²) < 4.78 is 1.84. The lowest BCUT2D eigenvalue weighted by atomic mass is 10.0. The van der Waals surface area contributed by atoms with Gasteiger partial charge in [0.1, 0.15) is 24.0 Å². The molecule has 214 valence electrons. The van der Waals surface area contributed by atoms with Crippen LogP contribution in [0.2, 0.25) is 10.0 Å². The lowest BCUT2D eigenvalue weighted by Gasteiger charge is -2.36. The van der Waals surface area contributed by atoms with E-state index in [0.29, 0.717) is 40.6 Å². The maximum Gasteiger partial charge on any atom is 0.242 e. The van der Waals surface area contributed by atoms with Crippen molar-refractivity contribution >= 4 is 46.6 Å². The van der Waals surface area contributed by atoms with Crippen molar-refractivity contribution in [3.63, 3.8) is 0 Å². The average molecular weight is 594 g/mol. The Labute approximate surface area is 250 Å². The third kappa shape index (κ3) is 7.48. The fourth-order valence-electron chi connectivity index (χ4n) is 4.82. The molecule has 1 atom stereocenters. The van der Waals surface area contributed by atoms with E-state index in [1.165, 1.54) is 5.69 Å². The van der Waals surface area contributed by atoms with Crippen molar-refractivity contribution in [3.8, 4) is 5.82 Å². The Morgan fingerprint density at radius 1 is 0.976 bits per heavy atom. The lowest BCUT2D eigenvalue weighted by molar-refractivity contribution is -0.122. The highest BCUT2D eigenvalue weighted by molar-refractivity contribution is 6.35. The number of aromatic nitrogens is 4. The molecular formula is C30H34Cl2N8O. The summed E-state index contributed by atoms with van der Waals surface area (Å²) in [6.07, 6.45) is 5.88. The van der Waals surface area contributed by atoms with Gasteiger partial charge in [-0.3, -0.25) is 9.36 Å². The first-order valence-electron chi connectivity index (χ1n) is 13.8. The largest absolute Gasteiger partial charge is 0.368 e. The number of nitrogens with one attached hydrogen (secondary N) is 2. The molecule has 11 heteroatoms. The molecule has 1 unspecified atom stereocenters. The predicted molar refractivity (Wildman–Crippen MR) is 165 cm³/mol. The number of piperazine rings is 1. The summed E-state index contributed by atoms with van der Waals surface area (Å²) in [6, 6.07) is 17.0. The Bertz CT molecular complexity index is 1440. The topological polar surface area (TPSA) is 91.2 Å². The number of imidazole rings is 1. The number of para-hydroxylation sites is 1. The maximum absolute atomic E-state index is 13.4. The van der Waals surface area contributed by atoms with E-state index in [9.17, 15) is 4.79 Å². The molecule has 1 saturated heterocycles. The van der Waals surface area contributed by atoms with Gasteiger partial charge in [0.2, 0.25) is 11.9 Å². The van der Waals surface area contributed by atoms with Gasteiger partial charge in [-0.1, -0.05) is 61.3 Å². The molecule has 5 rings (SSSR count).